The van der Waals surface area contributed by atoms with E-state index in [1.807, 2.05) is 10.7 Å². The number of hydrogen-bond donors (Lipinski definition) is 0. The van der Waals surface area contributed by atoms with E-state index >= 15 is 0 Å². The van der Waals surface area contributed by atoms with Crippen LogP contribution in [-0.2, 0) is 12.0 Å². The first-order valence-corrected chi connectivity index (χ1v) is 11.1. The molecule has 1 spiro atoms. The summed E-state index contributed by atoms with van der Waals surface area (Å²) in [5.74, 6) is -0.0177. The Balaban J connectivity index is 1.47. The average Bonchev–Trinajstić information content (AvgIpc) is 3.26. The van der Waals surface area contributed by atoms with Crippen molar-refractivity contribution < 1.29 is 9.18 Å². The minimum Gasteiger partial charge on any atom is -0.341 e. The van der Waals surface area contributed by atoms with Crippen molar-refractivity contribution in [2.24, 2.45) is 0 Å². The zero-order valence-electron chi connectivity index (χ0n) is 18.4. The van der Waals surface area contributed by atoms with Gasteiger partial charge in [0, 0.05) is 61.8 Å². The van der Waals surface area contributed by atoms with Gasteiger partial charge in [0.15, 0.2) is 0 Å². The van der Waals surface area contributed by atoms with Gasteiger partial charge in [0.1, 0.15) is 5.82 Å². The number of piperidine rings is 1. The number of hydrogen-bond acceptors (Lipinski definition) is 5. The molecular formula is C24H27FN6O. The van der Waals surface area contributed by atoms with E-state index in [-0.39, 0.29) is 22.9 Å². The van der Waals surface area contributed by atoms with Gasteiger partial charge < -0.3 is 9.80 Å². The highest BCUT2D eigenvalue weighted by Crippen LogP contribution is 2.42. The van der Waals surface area contributed by atoms with E-state index in [2.05, 4.69) is 34.9 Å². The number of amides is 1. The predicted molar refractivity (Wildman–Crippen MR) is 119 cm³/mol. The predicted octanol–water partition coefficient (Wildman–Crippen LogP) is 3.59. The number of halogens is 1. The van der Waals surface area contributed by atoms with Gasteiger partial charge in [-0.1, -0.05) is 12.1 Å². The number of anilines is 1. The lowest BCUT2D eigenvalue weighted by Gasteiger charge is -2.46. The molecule has 2 aliphatic rings. The highest BCUT2D eigenvalue weighted by molar-refractivity contribution is 5.94. The van der Waals surface area contributed by atoms with Crippen LogP contribution in [0.2, 0.25) is 0 Å². The first-order valence-electron chi connectivity index (χ1n) is 11.1. The van der Waals surface area contributed by atoms with Crippen molar-refractivity contribution in [2.75, 3.05) is 24.5 Å². The molecule has 2 aliphatic heterocycles. The molecule has 4 heterocycles. The van der Waals surface area contributed by atoms with Crippen LogP contribution in [0.4, 0.5) is 10.3 Å². The van der Waals surface area contributed by atoms with Crippen LogP contribution in [0.1, 0.15) is 54.3 Å². The summed E-state index contributed by atoms with van der Waals surface area (Å²) in [5, 5.41) is 4.96. The van der Waals surface area contributed by atoms with Crippen LogP contribution < -0.4 is 4.90 Å². The molecule has 0 atom stereocenters. The van der Waals surface area contributed by atoms with Gasteiger partial charge in [-0.15, -0.1) is 0 Å². The molecule has 3 aromatic rings. The van der Waals surface area contributed by atoms with Gasteiger partial charge in [-0.2, -0.15) is 5.10 Å². The highest BCUT2D eigenvalue weighted by atomic mass is 19.1. The van der Waals surface area contributed by atoms with Gasteiger partial charge in [0.05, 0.1) is 11.3 Å². The molecule has 1 saturated heterocycles. The summed E-state index contributed by atoms with van der Waals surface area (Å²) < 4.78 is 16.4. The van der Waals surface area contributed by atoms with Crippen molar-refractivity contribution in [3.8, 4) is 0 Å². The molecule has 0 radical (unpaired) electrons. The lowest BCUT2D eigenvalue weighted by Crippen LogP contribution is -2.53. The third-order valence-corrected chi connectivity index (χ3v) is 6.64. The Morgan fingerprint density at radius 3 is 2.50 bits per heavy atom. The fourth-order valence-corrected chi connectivity index (χ4v) is 4.89. The van der Waals surface area contributed by atoms with Crippen molar-refractivity contribution in [1.29, 1.82) is 0 Å². The number of nitrogens with zero attached hydrogens (tertiary/aromatic N) is 6. The van der Waals surface area contributed by atoms with E-state index in [4.69, 9.17) is 5.10 Å². The SMILES string of the molecule is CC(C)n1cc2c(n1)C1(CCN(c3ncccn3)CC1)CN(C(=O)c1ccccc1F)C2. The number of benzene rings is 1. The van der Waals surface area contributed by atoms with Crippen LogP contribution in [0.15, 0.2) is 48.9 Å². The Kier molecular flexibility index (Phi) is 5.15. The summed E-state index contributed by atoms with van der Waals surface area (Å²) in [6.45, 7) is 6.74. The van der Waals surface area contributed by atoms with E-state index in [0.29, 0.717) is 13.1 Å². The fourth-order valence-electron chi connectivity index (χ4n) is 4.89. The molecule has 0 saturated carbocycles. The maximum Gasteiger partial charge on any atom is 0.257 e. The molecule has 0 bridgehead atoms. The topological polar surface area (TPSA) is 67.2 Å². The molecule has 1 amide bonds. The standard InChI is InChI=1S/C24H27FN6O/c1-17(2)31-15-18-14-30(22(32)19-6-3-4-7-20(19)25)16-24(21(18)28-31)8-12-29(13-9-24)23-26-10-5-11-27-23/h3-7,10-11,15,17H,8-9,12-14,16H2,1-2H3. The Bertz CT molecular complexity index is 1120. The zero-order chi connectivity index (χ0) is 22.3. The zero-order valence-corrected chi connectivity index (χ0v) is 18.4. The second-order valence-electron chi connectivity index (χ2n) is 9.03. The molecule has 7 nitrogen and oxygen atoms in total. The van der Waals surface area contributed by atoms with Crippen molar-refractivity contribution in [3.05, 3.63) is 71.6 Å². The summed E-state index contributed by atoms with van der Waals surface area (Å²) in [7, 11) is 0. The van der Waals surface area contributed by atoms with Crippen LogP contribution in [-0.4, -0.2) is 50.2 Å². The Morgan fingerprint density at radius 2 is 1.81 bits per heavy atom. The monoisotopic (exact) mass is 434 g/mol. The molecule has 0 aliphatic carbocycles. The first-order chi connectivity index (χ1) is 15.5. The van der Waals surface area contributed by atoms with Crippen LogP contribution in [0.3, 0.4) is 0 Å². The van der Waals surface area contributed by atoms with E-state index in [1.54, 1.807) is 35.5 Å². The quantitative estimate of drug-likeness (QED) is 0.630. The van der Waals surface area contributed by atoms with Gasteiger partial charge >= 0.3 is 0 Å². The lowest BCUT2D eigenvalue weighted by molar-refractivity contribution is 0.0639. The molecule has 8 heteroatoms. The van der Waals surface area contributed by atoms with Crippen LogP contribution in [0.25, 0.3) is 0 Å². The number of carbonyl (C=O) groups excluding carboxylic acids is 1. The summed E-state index contributed by atoms with van der Waals surface area (Å²) in [4.78, 5) is 26.1. The summed E-state index contributed by atoms with van der Waals surface area (Å²) in [5.41, 5.74) is 1.99. The summed E-state index contributed by atoms with van der Waals surface area (Å²) in [6, 6.07) is 8.26. The van der Waals surface area contributed by atoms with Gasteiger partial charge in [-0.3, -0.25) is 9.48 Å². The maximum absolute atomic E-state index is 14.4. The normalized spacial score (nSPS) is 17.6. The number of carbonyl (C=O) groups is 1. The molecule has 0 unspecified atom stereocenters. The lowest BCUT2D eigenvalue weighted by atomic mass is 9.72. The molecular weight excluding hydrogens is 407 g/mol. The van der Waals surface area contributed by atoms with E-state index in [9.17, 15) is 9.18 Å². The smallest absolute Gasteiger partial charge is 0.257 e. The Hall–Kier alpha value is -3.29. The van der Waals surface area contributed by atoms with E-state index in [1.165, 1.54) is 6.07 Å². The minimum absolute atomic E-state index is 0.123. The van der Waals surface area contributed by atoms with Gasteiger partial charge in [-0.05, 0) is 44.9 Å². The Morgan fingerprint density at radius 1 is 1.09 bits per heavy atom. The first kappa shape index (κ1) is 20.6. The van der Waals surface area contributed by atoms with E-state index < -0.39 is 5.82 Å². The maximum atomic E-state index is 14.4. The minimum atomic E-state index is -0.480. The second-order valence-corrected chi connectivity index (χ2v) is 9.03. The van der Waals surface area contributed by atoms with Crippen LogP contribution in [0.5, 0.6) is 0 Å². The third-order valence-electron chi connectivity index (χ3n) is 6.64. The molecule has 0 N–H and O–H groups in total. The molecule has 166 valence electrons. The molecule has 32 heavy (non-hydrogen) atoms. The molecule has 1 fully saturated rings. The van der Waals surface area contributed by atoms with Crippen molar-refractivity contribution in [2.45, 2.75) is 44.7 Å². The fraction of sp³-hybridized carbons (Fsp3) is 0.417. The van der Waals surface area contributed by atoms with Crippen molar-refractivity contribution in [1.82, 2.24) is 24.6 Å². The van der Waals surface area contributed by atoms with Gasteiger partial charge in [-0.25, -0.2) is 14.4 Å². The number of fused-ring (bicyclic) bond motifs is 2. The number of aromatic nitrogens is 4. The van der Waals surface area contributed by atoms with Crippen LogP contribution in [0, 0.1) is 5.82 Å². The van der Waals surface area contributed by atoms with Gasteiger partial charge in [0.25, 0.3) is 5.91 Å². The second kappa shape index (κ2) is 8.00. The Labute approximate surface area is 186 Å². The summed E-state index contributed by atoms with van der Waals surface area (Å²) >= 11 is 0. The molecule has 1 aromatic carbocycles. The van der Waals surface area contributed by atoms with E-state index in [0.717, 1.165) is 43.1 Å². The highest BCUT2D eigenvalue weighted by Gasteiger charge is 2.46. The molecule has 5 rings (SSSR count). The average molecular weight is 435 g/mol. The summed E-state index contributed by atoms with van der Waals surface area (Å²) in [6.07, 6.45) is 7.22. The third kappa shape index (κ3) is 3.53. The number of rotatable bonds is 3. The van der Waals surface area contributed by atoms with Gasteiger partial charge in [0.2, 0.25) is 5.95 Å². The largest absolute Gasteiger partial charge is 0.341 e. The van der Waals surface area contributed by atoms with Crippen molar-refractivity contribution >= 4 is 11.9 Å². The van der Waals surface area contributed by atoms with Crippen LogP contribution >= 0.6 is 0 Å². The molecule has 2 aromatic heterocycles. The van der Waals surface area contributed by atoms with Crippen molar-refractivity contribution in [3.63, 3.8) is 0 Å².